The van der Waals surface area contributed by atoms with Crippen LogP contribution in [0.15, 0.2) is 23.1 Å². The first-order chi connectivity index (χ1) is 10.1. The maximum Gasteiger partial charge on any atom is 0.247 e. The molecule has 0 spiro atoms. The van der Waals surface area contributed by atoms with Gasteiger partial charge in [0.25, 0.3) is 0 Å². The molecule has 0 bridgehead atoms. The number of amides is 2. The lowest BCUT2D eigenvalue weighted by molar-refractivity contribution is -0.133. The van der Waals surface area contributed by atoms with Crippen LogP contribution in [-0.4, -0.2) is 61.4 Å². The van der Waals surface area contributed by atoms with Crippen LogP contribution in [0.2, 0.25) is 0 Å². The zero-order valence-electron chi connectivity index (χ0n) is 12.5. The molecule has 1 N–H and O–H groups in total. The number of piperazine rings is 1. The number of hydrogen-bond acceptors (Lipinski definition) is 4. The topological polar surface area (TPSA) is 52.7 Å². The van der Waals surface area contributed by atoms with E-state index in [4.69, 9.17) is 0 Å². The van der Waals surface area contributed by atoms with Gasteiger partial charge in [0.2, 0.25) is 11.8 Å². The summed E-state index contributed by atoms with van der Waals surface area (Å²) >= 11 is 1.58. The van der Waals surface area contributed by atoms with Gasteiger partial charge in [-0.3, -0.25) is 9.59 Å². The van der Waals surface area contributed by atoms with E-state index in [0.717, 1.165) is 31.1 Å². The van der Waals surface area contributed by atoms with Crippen LogP contribution >= 0.6 is 11.3 Å². The summed E-state index contributed by atoms with van der Waals surface area (Å²) < 4.78 is 0. The van der Waals surface area contributed by atoms with Gasteiger partial charge in [-0.1, -0.05) is 6.07 Å². The van der Waals surface area contributed by atoms with E-state index in [1.165, 1.54) is 0 Å². The Kier molecular flexibility index (Phi) is 5.52. The van der Waals surface area contributed by atoms with Gasteiger partial charge in [0.15, 0.2) is 0 Å². The van der Waals surface area contributed by atoms with Gasteiger partial charge < -0.3 is 15.1 Å². The van der Waals surface area contributed by atoms with Gasteiger partial charge in [-0.05, 0) is 31.5 Å². The summed E-state index contributed by atoms with van der Waals surface area (Å²) in [4.78, 5) is 29.0. The number of nitrogens with one attached hydrogen (secondary N) is 1. The molecule has 114 valence electrons. The smallest absolute Gasteiger partial charge is 0.247 e. The molecule has 0 unspecified atom stereocenters. The first kappa shape index (κ1) is 15.7. The summed E-state index contributed by atoms with van der Waals surface area (Å²) in [6, 6.07) is 3.90. The molecule has 0 aliphatic carbocycles. The van der Waals surface area contributed by atoms with Crippen molar-refractivity contribution in [2.24, 2.45) is 0 Å². The molecule has 1 aromatic heterocycles. The maximum atomic E-state index is 12.0. The Bertz CT molecular complexity index is 517. The van der Waals surface area contributed by atoms with E-state index in [9.17, 15) is 9.59 Å². The van der Waals surface area contributed by atoms with Gasteiger partial charge >= 0.3 is 0 Å². The van der Waals surface area contributed by atoms with Crippen LogP contribution < -0.4 is 5.32 Å². The van der Waals surface area contributed by atoms with Crippen molar-refractivity contribution in [2.45, 2.75) is 6.92 Å². The molecule has 2 heterocycles. The predicted octanol–water partition coefficient (Wildman–Crippen LogP) is 1.04. The Labute approximate surface area is 129 Å². The van der Waals surface area contributed by atoms with E-state index in [1.54, 1.807) is 23.2 Å². The molecule has 2 rings (SSSR count). The highest BCUT2D eigenvalue weighted by molar-refractivity contribution is 7.10. The van der Waals surface area contributed by atoms with E-state index in [-0.39, 0.29) is 18.4 Å². The predicted molar refractivity (Wildman–Crippen MR) is 85.1 cm³/mol. The van der Waals surface area contributed by atoms with Crippen LogP contribution in [-0.2, 0) is 9.59 Å². The second-order valence-corrected chi connectivity index (χ2v) is 6.19. The van der Waals surface area contributed by atoms with Crippen LogP contribution in [0, 0.1) is 0 Å². The Hall–Kier alpha value is -1.66. The second kappa shape index (κ2) is 7.38. The lowest BCUT2D eigenvalue weighted by Crippen LogP contribution is -2.50. The fraction of sp³-hybridized carbons (Fsp3) is 0.467. The molecule has 0 saturated carbocycles. The third-order valence-electron chi connectivity index (χ3n) is 3.52. The van der Waals surface area contributed by atoms with Crippen LogP contribution in [0.4, 0.5) is 0 Å². The minimum atomic E-state index is -0.189. The van der Waals surface area contributed by atoms with Crippen molar-refractivity contribution in [1.82, 2.24) is 15.1 Å². The van der Waals surface area contributed by atoms with Crippen LogP contribution in [0.25, 0.3) is 6.08 Å². The molecule has 1 aliphatic heterocycles. The van der Waals surface area contributed by atoms with Gasteiger partial charge in [-0.25, -0.2) is 0 Å². The molecule has 2 amide bonds. The molecular formula is C15H21N3O2S. The molecule has 5 nitrogen and oxygen atoms in total. The van der Waals surface area contributed by atoms with Crippen molar-refractivity contribution in [3.63, 3.8) is 0 Å². The molecule has 1 fully saturated rings. The molecule has 6 heteroatoms. The molecule has 0 atom stereocenters. The van der Waals surface area contributed by atoms with Crippen LogP contribution in [0.5, 0.6) is 0 Å². The van der Waals surface area contributed by atoms with E-state index in [2.05, 4.69) is 10.2 Å². The fourth-order valence-electron chi connectivity index (χ4n) is 2.12. The molecular weight excluding hydrogens is 286 g/mol. The Balaban J connectivity index is 1.79. The summed E-state index contributed by atoms with van der Waals surface area (Å²) in [5, 5.41) is 4.66. The van der Waals surface area contributed by atoms with Crippen LogP contribution in [0.1, 0.15) is 11.8 Å². The Morgan fingerprint density at radius 3 is 2.67 bits per heavy atom. The Morgan fingerprint density at radius 1 is 1.33 bits per heavy atom. The third-order valence-corrected chi connectivity index (χ3v) is 4.34. The largest absolute Gasteiger partial charge is 0.343 e. The van der Waals surface area contributed by atoms with E-state index >= 15 is 0 Å². The maximum absolute atomic E-state index is 12.0. The molecule has 1 saturated heterocycles. The SMILES string of the molecule is C/C(=C\c1cccs1)C(=O)NCC(=O)N1CCN(C)CC1. The van der Waals surface area contributed by atoms with Crippen molar-refractivity contribution in [2.75, 3.05) is 39.8 Å². The summed E-state index contributed by atoms with van der Waals surface area (Å²) in [5.41, 5.74) is 0.614. The summed E-state index contributed by atoms with van der Waals surface area (Å²) in [5.74, 6) is -0.203. The number of rotatable bonds is 4. The molecule has 21 heavy (non-hydrogen) atoms. The van der Waals surface area contributed by atoms with Crippen LogP contribution in [0.3, 0.4) is 0 Å². The van der Waals surface area contributed by atoms with Crippen molar-refractivity contribution in [3.05, 3.63) is 28.0 Å². The molecule has 0 aromatic carbocycles. The normalized spacial score (nSPS) is 16.9. The number of likely N-dealkylation sites (N-methyl/N-ethyl adjacent to an activating group) is 1. The minimum Gasteiger partial charge on any atom is -0.343 e. The second-order valence-electron chi connectivity index (χ2n) is 5.21. The fourth-order valence-corrected chi connectivity index (χ4v) is 2.83. The number of nitrogens with zero attached hydrogens (tertiary/aromatic N) is 2. The average molecular weight is 307 g/mol. The summed E-state index contributed by atoms with van der Waals surface area (Å²) in [6.45, 7) is 5.06. The van der Waals surface area contributed by atoms with Gasteiger partial charge in [-0.2, -0.15) is 0 Å². The molecule has 1 aromatic rings. The van der Waals surface area contributed by atoms with E-state index < -0.39 is 0 Å². The molecule has 0 radical (unpaired) electrons. The highest BCUT2D eigenvalue weighted by Gasteiger charge is 2.19. The lowest BCUT2D eigenvalue weighted by Gasteiger charge is -2.32. The standard InChI is InChI=1S/C15H21N3O2S/c1-12(10-13-4-3-9-21-13)15(20)16-11-14(19)18-7-5-17(2)6-8-18/h3-4,9-10H,5-8,11H2,1-2H3,(H,16,20)/b12-10+. The van der Waals surface area contributed by atoms with E-state index in [1.807, 2.05) is 30.6 Å². The zero-order valence-corrected chi connectivity index (χ0v) is 13.3. The number of carbonyl (C=O) groups excluding carboxylic acids is 2. The monoisotopic (exact) mass is 307 g/mol. The average Bonchev–Trinajstić information content (AvgIpc) is 2.98. The van der Waals surface area contributed by atoms with Gasteiger partial charge in [0.1, 0.15) is 0 Å². The first-order valence-electron chi connectivity index (χ1n) is 7.02. The minimum absolute atomic E-state index is 0.0135. The van der Waals surface area contributed by atoms with Gasteiger partial charge in [0.05, 0.1) is 6.54 Å². The third kappa shape index (κ3) is 4.68. The first-order valence-corrected chi connectivity index (χ1v) is 7.90. The number of carbonyl (C=O) groups is 2. The van der Waals surface area contributed by atoms with Crippen molar-refractivity contribution in [3.8, 4) is 0 Å². The highest BCUT2D eigenvalue weighted by atomic mass is 32.1. The van der Waals surface area contributed by atoms with Crippen molar-refractivity contribution in [1.29, 1.82) is 0 Å². The summed E-state index contributed by atoms with van der Waals surface area (Å²) in [7, 11) is 2.04. The lowest BCUT2D eigenvalue weighted by atomic mass is 10.2. The zero-order chi connectivity index (χ0) is 15.2. The van der Waals surface area contributed by atoms with E-state index in [0.29, 0.717) is 5.57 Å². The molecule has 1 aliphatic rings. The van der Waals surface area contributed by atoms with Gasteiger partial charge in [0, 0.05) is 36.6 Å². The van der Waals surface area contributed by atoms with Crippen molar-refractivity contribution >= 4 is 29.2 Å². The number of hydrogen-bond donors (Lipinski definition) is 1. The Morgan fingerprint density at radius 2 is 2.05 bits per heavy atom. The number of thiophene rings is 1. The quantitative estimate of drug-likeness (QED) is 0.846. The highest BCUT2D eigenvalue weighted by Crippen LogP contribution is 2.13. The summed E-state index contributed by atoms with van der Waals surface area (Å²) in [6.07, 6.45) is 1.83. The van der Waals surface area contributed by atoms with Gasteiger partial charge in [-0.15, -0.1) is 11.3 Å². The van der Waals surface area contributed by atoms with Crippen molar-refractivity contribution < 1.29 is 9.59 Å².